The molecule has 0 aliphatic carbocycles. The summed E-state index contributed by atoms with van der Waals surface area (Å²) in [5, 5.41) is 3.46. The number of nitrogens with one attached hydrogen (secondary N) is 1. The van der Waals surface area contributed by atoms with Gasteiger partial charge in [0.05, 0.1) is 6.04 Å². The maximum atomic E-state index is 12.0. The highest BCUT2D eigenvalue weighted by molar-refractivity contribution is 5.79. The summed E-state index contributed by atoms with van der Waals surface area (Å²) < 4.78 is 0. The van der Waals surface area contributed by atoms with Gasteiger partial charge in [-0.05, 0) is 45.3 Å². The van der Waals surface area contributed by atoms with E-state index in [0.29, 0.717) is 6.54 Å². The second-order valence-electron chi connectivity index (χ2n) is 15.6. The van der Waals surface area contributed by atoms with E-state index in [-0.39, 0.29) is 11.9 Å². The number of amides is 1. The first-order valence-corrected chi connectivity index (χ1v) is 22.6. The van der Waals surface area contributed by atoms with Crippen molar-refractivity contribution in [1.29, 1.82) is 0 Å². The van der Waals surface area contributed by atoms with E-state index in [1.807, 2.05) is 0 Å². The van der Waals surface area contributed by atoms with Crippen LogP contribution >= 0.6 is 0 Å². The number of hydrogen-bond acceptors (Lipinski definition) is 4. The molecule has 0 aliphatic heterocycles. The third-order valence-electron chi connectivity index (χ3n) is 10.8. The molecule has 0 spiro atoms. The lowest BCUT2D eigenvalue weighted by atomic mass is 10.0. The van der Waals surface area contributed by atoms with E-state index in [4.69, 9.17) is 11.5 Å². The average molecular weight is 693 g/mol. The molecule has 5 nitrogen and oxygen atoms in total. The van der Waals surface area contributed by atoms with Crippen LogP contribution in [0.2, 0.25) is 0 Å². The van der Waals surface area contributed by atoms with E-state index < -0.39 is 0 Å². The predicted molar refractivity (Wildman–Crippen MR) is 219 cm³/mol. The van der Waals surface area contributed by atoms with Crippen LogP contribution < -0.4 is 16.8 Å². The molecule has 1 atom stereocenters. The Bertz CT molecular complexity index is 594. The lowest BCUT2D eigenvalue weighted by Gasteiger charge is -2.24. The van der Waals surface area contributed by atoms with Crippen molar-refractivity contribution in [3.8, 4) is 0 Å². The number of carbonyl (C=O) groups excluding carboxylic acids is 1. The first-order valence-electron chi connectivity index (χ1n) is 22.6. The van der Waals surface area contributed by atoms with Gasteiger partial charge < -0.3 is 21.7 Å². The van der Waals surface area contributed by atoms with Gasteiger partial charge >= 0.3 is 0 Å². The number of rotatable bonds is 43. The Labute approximate surface area is 309 Å². The van der Waals surface area contributed by atoms with Crippen LogP contribution in [0, 0.1) is 0 Å². The Kier molecular flexibility index (Phi) is 41.2. The lowest BCUT2D eigenvalue weighted by Crippen LogP contribution is -2.44. The fourth-order valence-corrected chi connectivity index (χ4v) is 7.34. The zero-order valence-corrected chi connectivity index (χ0v) is 33.9. The zero-order valence-electron chi connectivity index (χ0n) is 33.9. The van der Waals surface area contributed by atoms with Crippen molar-refractivity contribution in [2.75, 3.05) is 32.7 Å². The number of carbonyl (C=O) groups is 1. The highest BCUT2D eigenvalue weighted by Crippen LogP contribution is 2.16. The second kappa shape index (κ2) is 41.8. The van der Waals surface area contributed by atoms with Crippen LogP contribution in [-0.2, 0) is 4.79 Å². The van der Waals surface area contributed by atoms with Crippen LogP contribution in [0.4, 0.5) is 0 Å². The fourth-order valence-electron chi connectivity index (χ4n) is 7.34. The summed E-state index contributed by atoms with van der Waals surface area (Å²) >= 11 is 0. The van der Waals surface area contributed by atoms with E-state index in [9.17, 15) is 4.79 Å². The van der Waals surface area contributed by atoms with Gasteiger partial charge in [0, 0.05) is 13.1 Å². The average Bonchev–Trinajstić information content (AvgIpc) is 3.10. The molecular formula is C44H92N4O. The summed E-state index contributed by atoms with van der Waals surface area (Å²) in [6.07, 6.45) is 48.0. The first kappa shape index (κ1) is 48.3. The summed E-state index contributed by atoms with van der Waals surface area (Å²) in [6.45, 7) is 9.51. The number of hydrogen-bond donors (Lipinski definition) is 3. The van der Waals surface area contributed by atoms with Gasteiger partial charge in [-0.2, -0.15) is 0 Å². The van der Waals surface area contributed by atoms with Crippen LogP contribution in [0.3, 0.4) is 0 Å². The third kappa shape index (κ3) is 38.4. The Hall–Kier alpha value is -0.650. The molecule has 1 amide bonds. The molecule has 49 heavy (non-hydrogen) atoms. The van der Waals surface area contributed by atoms with Crippen molar-refractivity contribution < 1.29 is 4.79 Å². The van der Waals surface area contributed by atoms with Crippen LogP contribution in [0.25, 0.3) is 0 Å². The number of unbranched alkanes of at least 4 members (excludes halogenated alkanes) is 31. The molecule has 0 fully saturated rings. The van der Waals surface area contributed by atoms with Gasteiger partial charge in [0.1, 0.15) is 0 Å². The van der Waals surface area contributed by atoms with Gasteiger partial charge in [0.25, 0.3) is 0 Å². The van der Waals surface area contributed by atoms with E-state index in [1.54, 1.807) is 0 Å². The highest BCUT2D eigenvalue weighted by Gasteiger charge is 2.14. The van der Waals surface area contributed by atoms with Crippen molar-refractivity contribution in [2.24, 2.45) is 11.5 Å². The molecule has 294 valence electrons. The molecule has 0 aromatic rings. The van der Waals surface area contributed by atoms with Crippen molar-refractivity contribution in [3.05, 3.63) is 0 Å². The Balaban J connectivity index is 4.04. The smallest absolute Gasteiger partial charge is 0.234 e. The molecule has 0 unspecified atom stereocenters. The summed E-state index contributed by atoms with van der Waals surface area (Å²) in [6, 6.07) is -0.223. The van der Waals surface area contributed by atoms with E-state index in [0.717, 1.165) is 32.4 Å². The molecule has 0 aromatic carbocycles. The van der Waals surface area contributed by atoms with Gasteiger partial charge in [-0.15, -0.1) is 0 Å². The summed E-state index contributed by atoms with van der Waals surface area (Å²) in [5.41, 5.74) is 11.3. The monoisotopic (exact) mass is 693 g/mol. The van der Waals surface area contributed by atoms with Crippen LogP contribution in [0.5, 0.6) is 0 Å². The summed E-state index contributed by atoms with van der Waals surface area (Å²) in [4.78, 5) is 14.6. The van der Waals surface area contributed by atoms with Crippen molar-refractivity contribution >= 4 is 5.91 Å². The summed E-state index contributed by atoms with van der Waals surface area (Å²) in [7, 11) is 0. The number of primary amides is 1. The minimum atomic E-state index is -0.223. The fraction of sp³-hybridized carbons (Fsp3) is 0.977. The summed E-state index contributed by atoms with van der Waals surface area (Å²) in [5.74, 6) is -0.223. The third-order valence-corrected chi connectivity index (χ3v) is 10.8. The van der Waals surface area contributed by atoms with Gasteiger partial charge in [-0.25, -0.2) is 0 Å². The van der Waals surface area contributed by atoms with Crippen LogP contribution in [0.15, 0.2) is 0 Å². The molecule has 5 N–H and O–H groups in total. The van der Waals surface area contributed by atoms with Gasteiger partial charge in [0.15, 0.2) is 0 Å². The maximum Gasteiger partial charge on any atom is 0.234 e. The predicted octanol–water partition coefficient (Wildman–Crippen LogP) is 12.4. The second-order valence-corrected chi connectivity index (χ2v) is 15.6. The number of nitrogens with two attached hydrogens (primary N) is 2. The normalized spacial score (nSPS) is 12.3. The maximum absolute atomic E-state index is 12.0. The Morgan fingerprint density at radius 2 is 0.755 bits per heavy atom. The largest absolute Gasteiger partial charge is 0.368 e. The van der Waals surface area contributed by atoms with E-state index in [1.165, 1.54) is 219 Å². The minimum absolute atomic E-state index is 0.223. The molecule has 0 radical (unpaired) electrons. The molecular weight excluding hydrogens is 601 g/mol. The topological polar surface area (TPSA) is 84.4 Å². The first-order chi connectivity index (χ1) is 24.2. The molecule has 0 saturated heterocycles. The van der Waals surface area contributed by atoms with Crippen LogP contribution in [0.1, 0.15) is 239 Å². The molecule has 0 rings (SSSR count). The molecule has 0 aromatic heterocycles. The molecule has 5 heteroatoms. The van der Waals surface area contributed by atoms with Crippen molar-refractivity contribution in [2.45, 2.75) is 245 Å². The lowest BCUT2D eigenvalue weighted by molar-refractivity contribution is -0.120. The Morgan fingerprint density at radius 1 is 0.449 bits per heavy atom. The van der Waals surface area contributed by atoms with Crippen molar-refractivity contribution in [3.63, 3.8) is 0 Å². The standard InChI is InChI=1S/C44H92N4O/c1-3-5-7-9-11-13-15-17-19-21-23-25-27-29-31-35-40-48(42-39-47-43(44(46)49)37-33-34-38-45)41-36-32-30-28-26-24-22-20-18-16-14-12-10-8-6-4-2/h43,47H,3-42,45H2,1-2H3,(H2,46,49)/t43-/m0/s1. The van der Waals surface area contributed by atoms with Gasteiger partial charge in [-0.3, -0.25) is 4.79 Å². The quantitative estimate of drug-likeness (QED) is 0.0555. The van der Waals surface area contributed by atoms with E-state index in [2.05, 4.69) is 24.1 Å². The molecule has 0 saturated carbocycles. The SMILES string of the molecule is CCCCCCCCCCCCCCCCCCN(CCCCCCCCCCCCCCCCCC)CCN[C@@H](CCCCN)C(N)=O. The minimum Gasteiger partial charge on any atom is -0.368 e. The van der Waals surface area contributed by atoms with Gasteiger partial charge in [-0.1, -0.05) is 213 Å². The van der Waals surface area contributed by atoms with Crippen molar-refractivity contribution in [1.82, 2.24) is 10.2 Å². The highest BCUT2D eigenvalue weighted by atomic mass is 16.1. The van der Waals surface area contributed by atoms with Crippen LogP contribution in [-0.4, -0.2) is 49.6 Å². The Morgan fingerprint density at radius 3 is 1.04 bits per heavy atom. The number of nitrogens with zero attached hydrogens (tertiary/aromatic N) is 1. The molecule has 0 aliphatic rings. The van der Waals surface area contributed by atoms with E-state index >= 15 is 0 Å². The molecule has 0 bridgehead atoms. The zero-order chi connectivity index (χ0) is 35.7. The molecule has 0 heterocycles. The van der Waals surface area contributed by atoms with Gasteiger partial charge in [0.2, 0.25) is 5.91 Å².